The predicted octanol–water partition coefficient (Wildman–Crippen LogP) is 1.19. The van der Waals surface area contributed by atoms with E-state index in [9.17, 15) is 13.6 Å². The van der Waals surface area contributed by atoms with Crippen molar-refractivity contribution in [1.82, 2.24) is 19.1 Å². The van der Waals surface area contributed by atoms with E-state index in [1.165, 1.54) is 10.8 Å². The number of fused-ring (bicyclic) bond motifs is 1. The Morgan fingerprint density at radius 2 is 2.12 bits per heavy atom. The zero-order valence-electron chi connectivity index (χ0n) is 9.52. The number of imidazole rings is 1. The van der Waals surface area contributed by atoms with E-state index >= 15 is 0 Å². The monoisotopic (exact) mass is 242 g/mol. The molecule has 0 aliphatic rings. The Morgan fingerprint density at radius 3 is 2.71 bits per heavy atom. The van der Waals surface area contributed by atoms with E-state index in [-0.39, 0.29) is 5.65 Å². The van der Waals surface area contributed by atoms with Crippen molar-refractivity contribution in [1.29, 1.82) is 0 Å². The van der Waals surface area contributed by atoms with Crippen LogP contribution >= 0.6 is 0 Å². The molecule has 0 fully saturated rings. The molecule has 92 valence electrons. The Morgan fingerprint density at radius 1 is 1.41 bits per heavy atom. The second kappa shape index (κ2) is 4.23. The van der Waals surface area contributed by atoms with Gasteiger partial charge in [-0.25, -0.2) is 23.5 Å². The zero-order valence-corrected chi connectivity index (χ0v) is 9.52. The number of halogens is 2. The third-order valence-corrected chi connectivity index (χ3v) is 2.52. The van der Waals surface area contributed by atoms with Crippen molar-refractivity contribution in [3.05, 3.63) is 22.5 Å². The maximum absolute atomic E-state index is 12.4. The van der Waals surface area contributed by atoms with Gasteiger partial charge in [0.2, 0.25) is 0 Å². The van der Waals surface area contributed by atoms with Crippen LogP contribution in [0.5, 0.6) is 0 Å². The van der Waals surface area contributed by atoms with Crippen molar-refractivity contribution in [2.24, 2.45) is 0 Å². The Balaban J connectivity index is 2.76. The molecule has 0 aromatic carbocycles. The summed E-state index contributed by atoms with van der Waals surface area (Å²) in [4.78, 5) is 19.9. The van der Waals surface area contributed by atoms with Crippen LogP contribution in [-0.4, -0.2) is 25.5 Å². The average Bonchev–Trinajstić information content (AvgIpc) is 2.51. The molecular weight excluding hydrogens is 230 g/mol. The highest BCUT2D eigenvalue weighted by atomic mass is 19.3. The SMILES string of the molecule is CCn1c(=O)n(CC(F)F)c2nc(C)ncc21. The van der Waals surface area contributed by atoms with E-state index in [4.69, 9.17) is 0 Å². The molecule has 0 aliphatic heterocycles. The van der Waals surface area contributed by atoms with Crippen LogP contribution in [0, 0.1) is 6.92 Å². The molecule has 0 bridgehead atoms. The average molecular weight is 242 g/mol. The van der Waals surface area contributed by atoms with E-state index in [2.05, 4.69) is 9.97 Å². The minimum atomic E-state index is -2.58. The van der Waals surface area contributed by atoms with Gasteiger partial charge in [-0.05, 0) is 13.8 Å². The van der Waals surface area contributed by atoms with Gasteiger partial charge in [-0.1, -0.05) is 0 Å². The van der Waals surface area contributed by atoms with Crippen molar-refractivity contribution >= 4 is 11.2 Å². The zero-order chi connectivity index (χ0) is 12.6. The lowest BCUT2D eigenvalue weighted by atomic mass is 10.5. The molecule has 2 heterocycles. The molecule has 5 nitrogen and oxygen atoms in total. The fourth-order valence-electron chi connectivity index (χ4n) is 1.79. The Kier molecular flexibility index (Phi) is 2.91. The van der Waals surface area contributed by atoms with Gasteiger partial charge < -0.3 is 0 Å². The number of aryl methyl sites for hydroxylation is 2. The molecule has 17 heavy (non-hydrogen) atoms. The Bertz CT molecular complexity index is 602. The van der Waals surface area contributed by atoms with E-state index in [1.54, 1.807) is 13.8 Å². The van der Waals surface area contributed by atoms with Crippen LogP contribution in [-0.2, 0) is 13.1 Å². The number of rotatable bonds is 3. The van der Waals surface area contributed by atoms with Crippen LogP contribution < -0.4 is 5.69 Å². The molecule has 0 spiro atoms. The quantitative estimate of drug-likeness (QED) is 0.812. The molecule has 2 rings (SSSR count). The van der Waals surface area contributed by atoms with E-state index in [0.29, 0.717) is 17.9 Å². The van der Waals surface area contributed by atoms with Crippen LogP contribution in [0.2, 0.25) is 0 Å². The van der Waals surface area contributed by atoms with Crippen LogP contribution in [0.1, 0.15) is 12.7 Å². The molecule has 0 saturated heterocycles. The molecule has 0 aliphatic carbocycles. The molecule has 0 amide bonds. The standard InChI is InChI=1S/C10H12F2N4O/c1-3-15-7-4-13-6(2)14-9(7)16(10(15)17)5-8(11)12/h4,8H,3,5H2,1-2H3. The normalized spacial score (nSPS) is 11.6. The summed E-state index contributed by atoms with van der Waals surface area (Å²) in [6, 6.07) is 0. The maximum atomic E-state index is 12.4. The third kappa shape index (κ3) is 1.92. The third-order valence-electron chi connectivity index (χ3n) is 2.52. The van der Waals surface area contributed by atoms with Gasteiger partial charge in [-0.3, -0.25) is 9.13 Å². The molecule has 2 aromatic rings. The van der Waals surface area contributed by atoms with Crippen LogP contribution in [0.25, 0.3) is 11.2 Å². The minimum Gasteiger partial charge on any atom is -0.289 e. The summed E-state index contributed by atoms with van der Waals surface area (Å²) in [7, 11) is 0. The van der Waals surface area contributed by atoms with Crippen molar-refractivity contribution in [3.8, 4) is 0 Å². The first-order valence-corrected chi connectivity index (χ1v) is 5.25. The fraction of sp³-hybridized carbons (Fsp3) is 0.500. The molecule has 0 N–H and O–H groups in total. The highest BCUT2D eigenvalue weighted by Crippen LogP contribution is 2.11. The molecule has 0 unspecified atom stereocenters. The summed E-state index contributed by atoms with van der Waals surface area (Å²) in [5.74, 6) is 0.453. The number of hydrogen-bond donors (Lipinski definition) is 0. The molecule has 7 heteroatoms. The Labute approximate surface area is 95.7 Å². The van der Waals surface area contributed by atoms with Crippen molar-refractivity contribution in [2.75, 3.05) is 0 Å². The van der Waals surface area contributed by atoms with E-state index < -0.39 is 18.7 Å². The summed E-state index contributed by atoms with van der Waals surface area (Å²) in [6.45, 7) is 3.18. The molecular formula is C10H12F2N4O. The summed E-state index contributed by atoms with van der Waals surface area (Å²) < 4.78 is 27.2. The molecule has 0 saturated carbocycles. The van der Waals surface area contributed by atoms with Gasteiger partial charge in [0.25, 0.3) is 6.43 Å². The summed E-state index contributed by atoms with van der Waals surface area (Å²) >= 11 is 0. The van der Waals surface area contributed by atoms with Gasteiger partial charge in [0.1, 0.15) is 11.3 Å². The van der Waals surface area contributed by atoms with Gasteiger partial charge in [-0.2, -0.15) is 0 Å². The number of hydrogen-bond acceptors (Lipinski definition) is 3. The second-order valence-corrected chi connectivity index (χ2v) is 3.65. The molecule has 0 atom stereocenters. The van der Waals surface area contributed by atoms with Gasteiger partial charge in [0.05, 0.1) is 12.7 Å². The highest BCUT2D eigenvalue weighted by molar-refractivity contribution is 5.70. The van der Waals surface area contributed by atoms with Gasteiger partial charge in [-0.15, -0.1) is 0 Å². The summed E-state index contributed by atoms with van der Waals surface area (Å²) in [5, 5.41) is 0. The van der Waals surface area contributed by atoms with E-state index in [0.717, 1.165) is 4.57 Å². The highest BCUT2D eigenvalue weighted by Gasteiger charge is 2.16. The lowest BCUT2D eigenvalue weighted by Crippen LogP contribution is -2.26. The maximum Gasteiger partial charge on any atom is 0.330 e. The minimum absolute atomic E-state index is 0.268. The topological polar surface area (TPSA) is 52.7 Å². The smallest absolute Gasteiger partial charge is 0.289 e. The van der Waals surface area contributed by atoms with Gasteiger partial charge in [0, 0.05) is 6.54 Å². The summed E-state index contributed by atoms with van der Waals surface area (Å²) in [5.41, 5.74) is 0.288. The lowest BCUT2D eigenvalue weighted by molar-refractivity contribution is 0.126. The van der Waals surface area contributed by atoms with Crippen LogP contribution in [0.3, 0.4) is 0 Å². The number of nitrogens with zero attached hydrogens (tertiary/aromatic N) is 4. The molecule has 2 aromatic heterocycles. The first-order valence-electron chi connectivity index (χ1n) is 5.25. The first kappa shape index (κ1) is 11.7. The first-order chi connectivity index (χ1) is 8.04. The second-order valence-electron chi connectivity index (χ2n) is 3.65. The number of aromatic nitrogens is 4. The number of alkyl halides is 2. The largest absolute Gasteiger partial charge is 0.330 e. The van der Waals surface area contributed by atoms with E-state index in [1.807, 2.05) is 0 Å². The van der Waals surface area contributed by atoms with Crippen molar-refractivity contribution in [3.63, 3.8) is 0 Å². The van der Waals surface area contributed by atoms with Crippen molar-refractivity contribution in [2.45, 2.75) is 33.4 Å². The fourth-order valence-corrected chi connectivity index (χ4v) is 1.79. The lowest BCUT2D eigenvalue weighted by Gasteiger charge is -2.00. The van der Waals surface area contributed by atoms with Crippen LogP contribution in [0.4, 0.5) is 8.78 Å². The molecule has 0 radical (unpaired) electrons. The van der Waals surface area contributed by atoms with Gasteiger partial charge >= 0.3 is 5.69 Å². The van der Waals surface area contributed by atoms with Gasteiger partial charge in [0.15, 0.2) is 5.65 Å². The Hall–Kier alpha value is -1.79. The van der Waals surface area contributed by atoms with Crippen molar-refractivity contribution < 1.29 is 8.78 Å². The predicted molar refractivity (Wildman–Crippen MR) is 58.2 cm³/mol. The summed E-state index contributed by atoms with van der Waals surface area (Å²) in [6.07, 6.45) is -1.09. The van der Waals surface area contributed by atoms with Crippen LogP contribution in [0.15, 0.2) is 11.0 Å².